The van der Waals surface area contributed by atoms with Gasteiger partial charge in [0.2, 0.25) is 0 Å². The zero-order valence-electron chi connectivity index (χ0n) is 17.4. The first kappa shape index (κ1) is 21.0. The van der Waals surface area contributed by atoms with E-state index in [0.717, 1.165) is 25.9 Å². The van der Waals surface area contributed by atoms with Crippen LogP contribution in [0.5, 0.6) is 0 Å². The maximum Gasteiger partial charge on any atom is 0.410 e. The van der Waals surface area contributed by atoms with Crippen molar-refractivity contribution in [1.82, 2.24) is 14.7 Å². The van der Waals surface area contributed by atoms with Crippen LogP contribution < -0.4 is 5.32 Å². The first-order valence-electron chi connectivity index (χ1n) is 10.2. The number of anilines is 1. The van der Waals surface area contributed by atoms with Crippen LogP contribution in [0.2, 0.25) is 0 Å². The largest absolute Gasteiger partial charge is 0.444 e. The summed E-state index contributed by atoms with van der Waals surface area (Å²) in [6, 6.07) is 6.81. The SMILES string of the molecule is CC(C)(C)OC(=O)N1CCN(C(=O)Nc2cccc(C(=O)N3CCCC3)c2)CC1. The van der Waals surface area contributed by atoms with Gasteiger partial charge in [-0.2, -0.15) is 0 Å². The molecule has 0 aliphatic carbocycles. The van der Waals surface area contributed by atoms with Crippen LogP contribution in [0.3, 0.4) is 0 Å². The highest BCUT2D eigenvalue weighted by molar-refractivity contribution is 5.97. The molecule has 2 saturated heterocycles. The molecule has 1 aromatic rings. The van der Waals surface area contributed by atoms with Gasteiger partial charge in [-0.15, -0.1) is 0 Å². The molecule has 0 spiro atoms. The van der Waals surface area contributed by atoms with Crippen molar-refractivity contribution >= 4 is 23.7 Å². The molecular formula is C21H30N4O4. The van der Waals surface area contributed by atoms with Crippen molar-refractivity contribution < 1.29 is 19.1 Å². The highest BCUT2D eigenvalue weighted by Gasteiger charge is 2.28. The van der Waals surface area contributed by atoms with Crippen LogP contribution in [0, 0.1) is 0 Å². The molecule has 2 heterocycles. The highest BCUT2D eigenvalue weighted by Crippen LogP contribution is 2.17. The summed E-state index contributed by atoms with van der Waals surface area (Å²) >= 11 is 0. The van der Waals surface area contributed by atoms with E-state index in [1.807, 2.05) is 25.7 Å². The fraction of sp³-hybridized carbons (Fsp3) is 0.571. The standard InChI is InChI=1S/C21H30N4O4/c1-21(2,3)29-20(28)25-13-11-24(12-14-25)19(27)22-17-8-6-7-16(15-17)18(26)23-9-4-5-10-23/h6-8,15H,4-5,9-14H2,1-3H3,(H,22,27). The minimum absolute atomic E-state index is 0.00424. The number of hydrogen-bond acceptors (Lipinski definition) is 4. The molecule has 8 heteroatoms. The molecule has 0 unspecified atom stereocenters. The van der Waals surface area contributed by atoms with Crippen LogP contribution in [0.25, 0.3) is 0 Å². The lowest BCUT2D eigenvalue weighted by Crippen LogP contribution is -2.52. The maximum absolute atomic E-state index is 12.6. The second-order valence-electron chi connectivity index (χ2n) is 8.46. The summed E-state index contributed by atoms with van der Waals surface area (Å²) in [5.74, 6) is 0.00424. The van der Waals surface area contributed by atoms with Gasteiger partial charge in [-0.25, -0.2) is 9.59 Å². The number of nitrogens with one attached hydrogen (secondary N) is 1. The zero-order valence-corrected chi connectivity index (χ0v) is 17.4. The quantitative estimate of drug-likeness (QED) is 0.824. The van der Waals surface area contributed by atoms with Crippen molar-refractivity contribution in [3.05, 3.63) is 29.8 Å². The van der Waals surface area contributed by atoms with Crippen LogP contribution >= 0.6 is 0 Å². The average Bonchev–Trinajstić information content (AvgIpc) is 3.21. The number of ether oxygens (including phenoxy) is 1. The molecule has 1 N–H and O–H groups in total. The molecule has 2 aliphatic rings. The van der Waals surface area contributed by atoms with Crippen LogP contribution in [-0.4, -0.2) is 77.6 Å². The number of nitrogens with zero attached hydrogens (tertiary/aromatic N) is 3. The van der Waals surface area contributed by atoms with Crippen molar-refractivity contribution in [3.63, 3.8) is 0 Å². The Bertz CT molecular complexity index is 760. The van der Waals surface area contributed by atoms with E-state index in [-0.39, 0.29) is 18.0 Å². The summed E-state index contributed by atoms with van der Waals surface area (Å²) in [5.41, 5.74) is 0.636. The molecular weight excluding hydrogens is 372 g/mol. The summed E-state index contributed by atoms with van der Waals surface area (Å²) in [5, 5.41) is 2.86. The molecule has 8 nitrogen and oxygen atoms in total. The highest BCUT2D eigenvalue weighted by atomic mass is 16.6. The molecule has 0 radical (unpaired) electrons. The molecule has 29 heavy (non-hydrogen) atoms. The van der Waals surface area contributed by atoms with Gasteiger partial charge in [0.15, 0.2) is 0 Å². The van der Waals surface area contributed by atoms with Gasteiger partial charge in [0.1, 0.15) is 5.60 Å². The predicted molar refractivity (Wildman–Crippen MR) is 110 cm³/mol. The van der Waals surface area contributed by atoms with E-state index < -0.39 is 5.60 Å². The summed E-state index contributed by atoms with van der Waals surface area (Å²) in [4.78, 5) is 42.4. The molecule has 0 saturated carbocycles. The number of benzene rings is 1. The Balaban J connectivity index is 1.53. The van der Waals surface area contributed by atoms with Crippen molar-refractivity contribution in [3.8, 4) is 0 Å². The van der Waals surface area contributed by atoms with Crippen LogP contribution in [0.15, 0.2) is 24.3 Å². The Hall–Kier alpha value is -2.77. The average molecular weight is 402 g/mol. The first-order valence-corrected chi connectivity index (χ1v) is 10.2. The summed E-state index contributed by atoms with van der Waals surface area (Å²) in [6.45, 7) is 8.78. The molecule has 158 valence electrons. The van der Waals surface area contributed by atoms with E-state index in [0.29, 0.717) is 37.4 Å². The second kappa shape index (κ2) is 8.71. The summed E-state index contributed by atoms with van der Waals surface area (Å²) in [7, 11) is 0. The number of carbonyl (C=O) groups excluding carboxylic acids is 3. The van der Waals surface area contributed by atoms with Gasteiger partial charge in [0, 0.05) is 50.5 Å². The van der Waals surface area contributed by atoms with E-state index in [1.165, 1.54) is 0 Å². The van der Waals surface area contributed by atoms with Gasteiger partial charge in [-0.1, -0.05) is 6.07 Å². The third-order valence-corrected chi connectivity index (χ3v) is 4.97. The minimum Gasteiger partial charge on any atom is -0.444 e. The second-order valence-corrected chi connectivity index (χ2v) is 8.46. The topological polar surface area (TPSA) is 82.2 Å². The number of hydrogen-bond donors (Lipinski definition) is 1. The number of likely N-dealkylation sites (tertiary alicyclic amines) is 1. The van der Waals surface area contributed by atoms with Gasteiger partial charge in [-0.3, -0.25) is 4.79 Å². The third kappa shape index (κ3) is 5.62. The Morgan fingerprint density at radius 3 is 2.14 bits per heavy atom. The van der Waals surface area contributed by atoms with E-state index in [9.17, 15) is 14.4 Å². The first-order chi connectivity index (χ1) is 13.7. The Morgan fingerprint density at radius 1 is 0.897 bits per heavy atom. The summed E-state index contributed by atoms with van der Waals surface area (Å²) in [6.07, 6.45) is 1.72. The van der Waals surface area contributed by atoms with E-state index in [4.69, 9.17) is 4.74 Å². The van der Waals surface area contributed by atoms with Crippen molar-refractivity contribution in [2.24, 2.45) is 0 Å². The van der Waals surface area contributed by atoms with Gasteiger partial charge >= 0.3 is 12.1 Å². The van der Waals surface area contributed by atoms with Gasteiger partial charge in [0.25, 0.3) is 5.91 Å². The number of rotatable bonds is 2. The number of piperazine rings is 1. The van der Waals surface area contributed by atoms with Gasteiger partial charge in [0.05, 0.1) is 0 Å². The third-order valence-electron chi connectivity index (χ3n) is 4.97. The van der Waals surface area contributed by atoms with Crippen LogP contribution in [0.1, 0.15) is 44.0 Å². The minimum atomic E-state index is -0.539. The van der Waals surface area contributed by atoms with Gasteiger partial charge in [-0.05, 0) is 51.8 Å². The Labute approximate surface area is 171 Å². The molecule has 4 amide bonds. The van der Waals surface area contributed by atoms with E-state index in [2.05, 4.69) is 5.32 Å². The lowest BCUT2D eigenvalue weighted by Gasteiger charge is -2.35. The fourth-order valence-corrected chi connectivity index (χ4v) is 3.45. The van der Waals surface area contributed by atoms with Crippen LogP contribution in [0.4, 0.5) is 15.3 Å². The molecule has 0 bridgehead atoms. The van der Waals surface area contributed by atoms with E-state index in [1.54, 1.807) is 34.1 Å². The Morgan fingerprint density at radius 2 is 1.52 bits per heavy atom. The maximum atomic E-state index is 12.6. The van der Waals surface area contributed by atoms with Crippen molar-refractivity contribution in [2.75, 3.05) is 44.6 Å². The normalized spacial score (nSPS) is 17.3. The van der Waals surface area contributed by atoms with Crippen molar-refractivity contribution in [1.29, 1.82) is 0 Å². The number of amides is 4. The molecule has 2 aliphatic heterocycles. The summed E-state index contributed by atoms with van der Waals surface area (Å²) < 4.78 is 5.38. The number of carbonyl (C=O) groups is 3. The molecule has 1 aromatic carbocycles. The van der Waals surface area contributed by atoms with Crippen LogP contribution in [-0.2, 0) is 4.74 Å². The van der Waals surface area contributed by atoms with Crippen molar-refractivity contribution in [2.45, 2.75) is 39.2 Å². The van der Waals surface area contributed by atoms with Gasteiger partial charge < -0.3 is 24.8 Å². The lowest BCUT2D eigenvalue weighted by molar-refractivity contribution is 0.0174. The molecule has 0 aromatic heterocycles. The smallest absolute Gasteiger partial charge is 0.410 e. The zero-order chi connectivity index (χ0) is 21.0. The monoisotopic (exact) mass is 402 g/mol. The predicted octanol–water partition coefficient (Wildman–Crippen LogP) is 3.01. The molecule has 3 rings (SSSR count). The Kier molecular flexibility index (Phi) is 6.30. The molecule has 0 atom stereocenters. The number of urea groups is 1. The fourth-order valence-electron chi connectivity index (χ4n) is 3.45. The lowest BCUT2D eigenvalue weighted by atomic mass is 10.1. The molecule has 2 fully saturated rings. The van der Waals surface area contributed by atoms with E-state index >= 15 is 0 Å².